The summed E-state index contributed by atoms with van der Waals surface area (Å²) in [5.41, 5.74) is 6.05. The van der Waals surface area contributed by atoms with Crippen LogP contribution < -0.4 is 10.6 Å². The van der Waals surface area contributed by atoms with E-state index in [-0.39, 0.29) is 0 Å². The molecule has 0 bridgehead atoms. The highest BCUT2D eigenvalue weighted by Gasteiger charge is 2.19. The van der Waals surface area contributed by atoms with Crippen LogP contribution in [-0.2, 0) is 0 Å². The molecule has 0 heterocycles. The van der Waals surface area contributed by atoms with E-state index in [0.29, 0.717) is 17.7 Å². The molecular formula is C22H31N3. The van der Waals surface area contributed by atoms with Crippen molar-refractivity contribution in [2.45, 2.75) is 46.6 Å². The van der Waals surface area contributed by atoms with Gasteiger partial charge in [0.1, 0.15) is 0 Å². The third kappa shape index (κ3) is 4.85. The van der Waals surface area contributed by atoms with Crippen LogP contribution in [-0.4, -0.2) is 18.3 Å². The smallest absolute Gasteiger partial charge is 0.0445 e. The summed E-state index contributed by atoms with van der Waals surface area (Å²) in [6, 6.07) is 6.43. The molecule has 1 aliphatic rings. The van der Waals surface area contributed by atoms with Crippen LogP contribution in [0.2, 0.25) is 0 Å². The van der Waals surface area contributed by atoms with Crippen LogP contribution in [0, 0.1) is 11.3 Å². The van der Waals surface area contributed by atoms with Gasteiger partial charge in [-0.15, -0.1) is 0 Å². The summed E-state index contributed by atoms with van der Waals surface area (Å²) in [5.74, 6) is 0.521. The van der Waals surface area contributed by atoms with Crippen molar-refractivity contribution < 1.29 is 0 Å². The molecule has 25 heavy (non-hydrogen) atoms. The monoisotopic (exact) mass is 337 g/mol. The molecule has 3 heteroatoms. The van der Waals surface area contributed by atoms with Gasteiger partial charge in [-0.25, -0.2) is 0 Å². The third-order valence-electron chi connectivity index (χ3n) is 4.72. The largest absolute Gasteiger partial charge is 0.391 e. The fourth-order valence-corrected chi connectivity index (χ4v) is 3.33. The van der Waals surface area contributed by atoms with Gasteiger partial charge >= 0.3 is 0 Å². The first kappa shape index (κ1) is 19.0. The molecule has 0 saturated carbocycles. The molecule has 0 aliphatic heterocycles. The fourth-order valence-electron chi connectivity index (χ4n) is 3.33. The van der Waals surface area contributed by atoms with Crippen molar-refractivity contribution in [1.82, 2.24) is 5.32 Å². The highest BCUT2D eigenvalue weighted by atomic mass is 14.9. The van der Waals surface area contributed by atoms with Crippen molar-refractivity contribution in [3.63, 3.8) is 0 Å². The summed E-state index contributed by atoms with van der Waals surface area (Å²) in [4.78, 5) is 0. The predicted octanol–water partition coefficient (Wildman–Crippen LogP) is 5.37. The molecule has 2 atom stereocenters. The van der Waals surface area contributed by atoms with E-state index >= 15 is 0 Å². The lowest BCUT2D eigenvalue weighted by atomic mass is 9.87. The molecule has 2 unspecified atom stereocenters. The first-order valence-corrected chi connectivity index (χ1v) is 9.13. The highest BCUT2D eigenvalue weighted by molar-refractivity contribution is 6.02. The second-order valence-corrected chi connectivity index (χ2v) is 6.90. The number of hydrogen-bond acceptors (Lipinski definition) is 3. The maximum absolute atomic E-state index is 8.02. The second kappa shape index (κ2) is 8.70. The summed E-state index contributed by atoms with van der Waals surface area (Å²) < 4.78 is 0. The Bertz CT molecular complexity index is 697. The first-order chi connectivity index (χ1) is 11.9. The van der Waals surface area contributed by atoms with Crippen molar-refractivity contribution in [1.29, 1.82) is 5.41 Å². The van der Waals surface area contributed by atoms with E-state index in [4.69, 9.17) is 5.41 Å². The molecule has 134 valence electrons. The topological polar surface area (TPSA) is 47.9 Å². The number of allylic oxidation sites excluding steroid dienone is 3. The minimum atomic E-state index is 0.322. The second-order valence-electron chi connectivity index (χ2n) is 6.90. The molecule has 0 saturated heterocycles. The fraction of sp³-hybridized carbons (Fsp3) is 0.409. The summed E-state index contributed by atoms with van der Waals surface area (Å²) in [6.45, 7) is 13.2. The van der Waals surface area contributed by atoms with Crippen LogP contribution in [0.1, 0.15) is 51.7 Å². The average molecular weight is 338 g/mol. The zero-order chi connectivity index (χ0) is 18.4. The van der Waals surface area contributed by atoms with Crippen molar-refractivity contribution in [3.8, 4) is 0 Å². The van der Waals surface area contributed by atoms with E-state index in [0.717, 1.165) is 41.8 Å². The van der Waals surface area contributed by atoms with Gasteiger partial charge in [-0.05, 0) is 64.3 Å². The normalized spacial score (nSPS) is 20.2. The standard InChI is InChI=1S/C22H31N3/c1-6-24-14-16(4)18-10-12-19(13-11-18)25-21-9-7-8-20(17(5)23)22(21)15(2)3/h7-10,12,14,18-19,23-25H,2,6,11,13H2,1,3-5H3/b16-14+,23-17?. The SMILES string of the molecule is C=C(C)c1c(NC2C=CC(/C(C)=C/NCC)CC2)cccc1C(C)=N. The van der Waals surface area contributed by atoms with Gasteiger partial charge in [-0.3, -0.25) is 0 Å². The summed E-state index contributed by atoms with van der Waals surface area (Å²) in [6.07, 6.45) is 8.98. The Hall–Kier alpha value is -2.29. The number of rotatable bonds is 7. The molecule has 2 rings (SSSR count). The van der Waals surface area contributed by atoms with Crippen LogP contribution in [0.15, 0.2) is 48.7 Å². The number of benzene rings is 1. The van der Waals surface area contributed by atoms with Crippen molar-refractivity contribution in [3.05, 3.63) is 59.8 Å². The summed E-state index contributed by atoms with van der Waals surface area (Å²) in [5, 5.41) is 15.0. The van der Waals surface area contributed by atoms with Crippen LogP contribution in [0.3, 0.4) is 0 Å². The summed E-state index contributed by atoms with van der Waals surface area (Å²) in [7, 11) is 0. The van der Waals surface area contributed by atoms with E-state index in [2.05, 4.69) is 55.5 Å². The van der Waals surface area contributed by atoms with E-state index in [9.17, 15) is 0 Å². The molecule has 1 aromatic carbocycles. The van der Waals surface area contributed by atoms with Gasteiger partial charge in [0, 0.05) is 35.1 Å². The van der Waals surface area contributed by atoms with Crippen LogP contribution in [0.4, 0.5) is 5.69 Å². The third-order valence-corrected chi connectivity index (χ3v) is 4.72. The van der Waals surface area contributed by atoms with Gasteiger partial charge in [0.05, 0.1) is 0 Å². The Balaban J connectivity index is 2.15. The van der Waals surface area contributed by atoms with Gasteiger partial charge in [0.2, 0.25) is 0 Å². The highest BCUT2D eigenvalue weighted by Crippen LogP contribution is 2.30. The molecule has 0 amide bonds. The quantitative estimate of drug-likeness (QED) is 0.463. The van der Waals surface area contributed by atoms with Gasteiger partial charge in [0.15, 0.2) is 0 Å². The van der Waals surface area contributed by atoms with Crippen LogP contribution in [0.25, 0.3) is 5.57 Å². The molecule has 1 aliphatic carbocycles. The molecule has 0 radical (unpaired) electrons. The van der Waals surface area contributed by atoms with Crippen molar-refractivity contribution >= 4 is 17.0 Å². The van der Waals surface area contributed by atoms with Gasteiger partial charge in [-0.2, -0.15) is 0 Å². The number of nitrogens with one attached hydrogen (secondary N) is 3. The average Bonchev–Trinajstić information content (AvgIpc) is 2.59. The maximum Gasteiger partial charge on any atom is 0.0445 e. The van der Waals surface area contributed by atoms with Gasteiger partial charge in [0.25, 0.3) is 0 Å². The van der Waals surface area contributed by atoms with E-state index in [1.54, 1.807) is 0 Å². The zero-order valence-corrected chi connectivity index (χ0v) is 15.9. The minimum absolute atomic E-state index is 0.322. The maximum atomic E-state index is 8.02. The Labute approximate surface area is 152 Å². The Kier molecular flexibility index (Phi) is 6.63. The Morgan fingerprint density at radius 3 is 2.56 bits per heavy atom. The van der Waals surface area contributed by atoms with Gasteiger partial charge in [-0.1, -0.05) is 36.4 Å². The minimum Gasteiger partial charge on any atom is -0.391 e. The Morgan fingerprint density at radius 2 is 2.00 bits per heavy atom. The predicted molar refractivity (Wildman–Crippen MR) is 110 cm³/mol. The Morgan fingerprint density at radius 1 is 1.24 bits per heavy atom. The molecule has 0 spiro atoms. The van der Waals surface area contributed by atoms with E-state index in [1.807, 2.05) is 26.0 Å². The number of hydrogen-bond donors (Lipinski definition) is 3. The molecule has 1 aromatic rings. The number of anilines is 1. The van der Waals surface area contributed by atoms with Crippen LogP contribution >= 0.6 is 0 Å². The van der Waals surface area contributed by atoms with Crippen molar-refractivity contribution in [2.75, 3.05) is 11.9 Å². The van der Waals surface area contributed by atoms with Crippen molar-refractivity contribution in [2.24, 2.45) is 5.92 Å². The zero-order valence-electron chi connectivity index (χ0n) is 15.9. The van der Waals surface area contributed by atoms with Crippen LogP contribution in [0.5, 0.6) is 0 Å². The van der Waals surface area contributed by atoms with E-state index in [1.165, 1.54) is 5.57 Å². The van der Waals surface area contributed by atoms with E-state index < -0.39 is 0 Å². The molecule has 0 aromatic heterocycles. The van der Waals surface area contributed by atoms with Gasteiger partial charge < -0.3 is 16.0 Å². The molecular weight excluding hydrogens is 306 g/mol. The molecule has 3 nitrogen and oxygen atoms in total. The lowest BCUT2D eigenvalue weighted by molar-refractivity contribution is 0.572. The first-order valence-electron chi connectivity index (χ1n) is 9.13. The molecule has 3 N–H and O–H groups in total. The lowest BCUT2D eigenvalue weighted by Gasteiger charge is -2.26. The lowest BCUT2D eigenvalue weighted by Crippen LogP contribution is -2.23. The molecule has 0 fully saturated rings. The summed E-state index contributed by atoms with van der Waals surface area (Å²) >= 11 is 0.